The first kappa shape index (κ1) is 57.3. The summed E-state index contributed by atoms with van der Waals surface area (Å²) in [5.74, 6) is -0.842. The third-order valence-corrected chi connectivity index (χ3v) is 11.6. The predicted octanol–water partition coefficient (Wildman–Crippen LogP) is 11.7. The van der Waals surface area contributed by atoms with E-state index in [4.69, 9.17) is 18.5 Å². The molecule has 0 saturated heterocycles. The molecule has 0 rings (SSSR count). The molecule has 0 bridgehead atoms. The summed E-state index contributed by atoms with van der Waals surface area (Å²) in [5.41, 5.74) is 0. The van der Waals surface area contributed by atoms with Crippen LogP contribution in [0, 0.1) is 0 Å². The van der Waals surface area contributed by atoms with Gasteiger partial charge in [0.1, 0.15) is 31.3 Å². The van der Waals surface area contributed by atoms with Crippen LogP contribution in [0.1, 0.15) is 226 Å². The molecule has 59 heavy (non-hydrogen) atoms. The molecule has 0 aliphatic heterocycles. The Balaban J connectivity index is 4.36. The van der Waals surface area contributed by atoms with Gasteiger partial charge >= 0.3 is 11.9 Å². The molecule has 0 fully saturated rings. The highest BCUT2D eigenvalue weighted by atomic mass is 31.2. The Bertz CT molecular complexity index is 1100. The normalized spacial score (nSPS) is 13.3. The van der Waals surface area contributed by atoms with Gasteiger partial charge in [-0.05, 0) is 25.7 Å². The third-order valence-electron chi connectivity index (χ3n) is 10.7. The van der Waals surface area contributed by atoms with E-state index in [1.165, 1.54) is 103 Å². The fourth-order valence-electron chi connectivity index (χ4n) is 6.87. The zero-order valence-corrected chi connectivity index (χ0v) is 39.6. The van der Waals surface area contributed by atoms with E-state index in [2.05, 4.69) is 13.8 Å². The van der Waals surface area contributed by atoms with Crippen molar-refractivity contribution in [3.05, 3.63) is 0 Å². The molecule has 1 unspecified atom stereocenters. The molecule has 0 aromatic carbocycles. The Morgan fingerprint density at radius 2 is 0.847 bits per heavy atom. The molecule has 12 heteroatoms. The Labute approximate surface area is 361 Å². The molecule has 0 spiro atoms. The number of hydrogen-bond donors (Lipinski definition) is 0. The highest BCUT2D eigenvalue weighted by molar-refractivity contribution is 7.45. The molecule has 0 heterocycles. The van der Waals surface area contributed by atoms with Crippen LogP contribution in [0.5, 0.6) is 0 Å². The van der Waals surface area contributed by atoms with Crippen LogP contribution in [-0.4, -0.2) is 81.6 Å². The number of quaternary nitrogens is 1. The van der Waals surface area contributed by atoms with Gasteiger partial charge in [0.2, 0.25) is 0 Å². The fourth-order valence-corrected chi connectivity index (χ4v) is 7.60. The van der Waals surface area contributed by atoms with E-state index in [1.807, 2.05) is 21.1 Å². The van der Waals surface area contributed by atoms with E-state index in [-0.39, 0.29) is 44.0 Å². The van der Waals surface area contributed by atoms with Crippen molar-refractivity contribution in [2.75, 3.05) is 47.5 Å². The highest BCUT2D eigenvalue weighted by Crippen LogP contribution is 2.38. The zero-order chi connectivity index (χ0) is 43.9. The molecule has 0 aromatic heterocycles. The third kappa shape index (κ3) is 42.8. The molecule has 0 saturated carbocycles. The largest absolute Gasteiger partial charge is 0.756 e. The first-order valence-electron chi connectivity index (χ1n) is 24.1. The van der Waals surface area contributed by atoms with Gasteiger partial charge in [0, 0.05) is 25.7 Å². The zero-order valence-electron chi connectivity index (χ0n) is 38.7. The maximum atomic E-state index is 12.7. The number of likely N-dealkylation sites (N-methyl/N-ethyl adjacent to an activating group) is 1. The smallest absolute Gasteiger partial charge is 0.306 e. The van der Waals surface area contributed by atoms with E-state index >= 15 is 0 Å². The molecule has 0 aliphatic carbocycles. The minimum absolute atomic E-state index is 0.0292. The highest BCUT2D eigenvalue weighted by Gasteiger charge is 2.22. The van der Waals surface area contributed by atoms with Crippen LogP contribution in [0.15, 0.2) is 0 Å². The van der Waals surface area contributed by atoms with Crippen LogP contribution in [0.2, 0.25) is 0 Å². The standard InChI is InChI=1S/C47H90NO10P/c1-6-8-10-12-14-16-17-18-19-21-23-28-32-36-46(51)55-41-45(42-57-59(53,54)56-39-38-48(3,4)5)58-47(52)37-33-29-25-24-27-31-35-44(50)40-43(49)34-30-26-22-20-15-13-11-9-7-2/h45H,6-42H2,1-5H3/t45-/m1/s1. The van der Waals surface area contributed by atoms with Crippen molar-refractivity contribution in [3.63, 3.8) is 0 Å². The average molecular weight is 860 g/mol. The summed E-state index contributed by atoms with van der Waals surface area (Å²) in [6, 6.07) is 0. The lowest BCUT2D eigenvalue weighted by molar-refractivity contribution is -0.870. The van der Waals surface area contributed by atoms with Crippen LogP contribution >= 0.6 is 7.82 Å². The Kier molecular flexibility index (Phi) is 38.1. The van der Waals surface area contributed by atoms with Crippen LogP contribution in [0.4, 0.5) is 0 Å². The van der Waals surface area contributed by atoms with Gasteiger partial charge in [0.25, 0.3) is 7.82 Å². The molecule has 348 valence electrons. The van der Waals surface area contributed by atoms with Crippen molar-refractivity contribution in [2.24, 2.45) is 0 Å². The second kappa shape index (κ2) is 39.2. The summed E-state index contributed by atoms with van der Waals surface area (Å²) in [4.78, 5) is 62.1. The molecule has 0 aromatic rings. The van der Waals surface area contributed by atoms with Crippen molar-refractivity contribution in [1.82, 2.24) is 0 Å². The first-order valence-corrected chi connectivity index (χ1v) is 25.5. The summed E-state index contributed by atoms with van der Waals surface area (Å²) >= 11 is 0. The maximum Gasteiger partial charge on any atom is 0.306 e. The average Bonchev–Trinajstić information content (AvgIpc) is 3.17. The minimum Gasteiger partial charge on any atom is -0.756 e. The van der Waals surface area contributed by atoms with Gasteiger partial charge in [-0.25, -0.2) is 0 Å². The summed E-state index contributed by atoms with van der Waals surface area (Å²) in [6.45, 7) is 4.05. The lowest BCUT2D eigenvalue weighted by Gasteiger charge is -2.28. The van der Waals surface area contributed by atoms with Crippen molar-refractivity contribution in [3.8, 4) is 0 Å². The molecule has 0 N–H and O–H groups in total. The first-order chi connectivity index (χ1) is 28.3. The fraction of sp³-hybridized carbons (Fsp3) is 0.915. The van der Waals surface area contributed by atoms with Crippen molar-refractivity contribution in [2.45, 2.75) is 232 Å². The number of ether oxygens (including phenoxy) is 2. The summed E-state index contributed by atoms with van der Waals surface area (Å²) < 4.78 is 33.8. The molecular formula is C47H90NO10P. The maximum absolute atomic E-state index is 12.7. The minimum atomic E-state index is -4.66. The van der Waals surface area contributed by atoms with Gasteiger partial charge in [-0.15, -0.1) is 0 Å². The lowest BCUT2D eigenvalue weighted by atomic mass is 10.0. The number of nitrogens with zero attached hydrogens (tertiary/aromatic N) is 1. The number of carbonyl (C=O) groups excluding carboxylic acids is 4. The Morgan fingerprint density at radius 3 is 1.24 bits per heavy atom. The number of phosphoric acid groups is 1. The number of hydrogen-bond acceptors (Lipinski definition) is 10. The number of carbonyl (C=O) groups is 4. The van der Waals surface area contributed by atoms with Crippen LogP contribution in [0.25, 0.3) is 0 Å². The SMILES string of the molecule is CCCCCCCCCCCCCCCC(=O)OC[C@H](COP(=O)([O-])OCC[N+](C)(C)C)OC(=O)CCCCCCCCC(=O)CC(=O)CCCCCCCCCCC. The van der Waals surface area contributed by atoms with Gasteiger partial charge in [-0.1, -0.05) is 168 Å². The van der Waals surface area contributed by atoms with E-state index in [1.54, 1.807) is 0 Å². The van der Waals surface area contributed by atoms with Gasteiger partial charge in [0.15, 0.2) is 6.10 Å². The lowest BCUT2D eigenvalue weighted by Crippen LogP contribution is -2.37. The summed E-state index contributed by atoms with van der Waals surface area (Å²) in [6.07, 6.45) is 31.6. The second-order valence-corrected chi connectivity index (χ2v) is 19.2. The Hall–Kier alpha value is -1.65. The monoisotopic (exact) mass is 860 g/mol. The van der Waals surface area contributed by atoms with Gasteiger partial charge in [-0.2, -0.15) is 0 Å². The number of rotatable bonds is 45. The number of ketones is 2. The van der Waals surface area contributed by atoms with Gasteiger partial charge < -0.3 is 27.9 Å². The number of Topliss-reactive ketones (excluding diaryl/α,β-unsaturated/α-hetero) is 2. The van der Waals surface area contributed by atoms with Crippen LogP contribution in [0.3, 0.4) is 0 Å². The van der Waals surface area contributed by atoms with E-state index in [0.717, 1.165) is 64.2 Å². The van der Waals surface area contributed by atoms with Gasteiger partial charge in [-0.3, -0.25) is 23.7 Å². The van der Waals surface area contributed by atoms with Crippen molar-refractivity contribution in [1.29, 1.82) is 0 Å². The summed E-state index contributed by atoms with van der Waals surface area (Å²) in [7, 11) is 1.07. The molecule has 2 atom stereocenters. The second-order valence-electron chi connectivity index (χ2n) is 17.8. The number of unbranched alkanes of at least 4 members (excludes halogenated alkanes) is 25. The number of phosphoric ester groups is 1. The van der Waals surface area contributed by atoms with Crippen molar-refractivity contribution >= 4 is 31.3 Å². The van der Waals surface area contributed by atoms with Crippen LogP contribution in [-0.2, 0) is 42.3 Å². The Morgan fingerprint density at radius 1 is 0.492 bits per heavy atom. The topological polar surface area (TPSA) is 145 Å². The molecule has 0 amide bonds. The molecule has 11 nitrogen and oxygen atoms in total. The quantitative estimate of drug-likeness (QED) is 0.0191. The van der Waals surface area contributed by atoms with Crippen LogP contribution < -0.4 is 4.89 Å². The van der Waals surface area contributed by atoms with E-state index in [9.17, 15) is 28.6 Å². The number of esters is 2. The van der Waals surface area contributed by atoms with E-state index in [0.29, 0.717) is 36.7 Å². The van der Waals surface area contributed by atoms with E-state index < -0.39 is 32.5 Å². The molecule has 0 aliphatic rings. The van der Waals surface area contributed by atoms with Gasteiger partial charge in [0.05, 0.1) is 34.2 Å². The van der Waals surface area contributed by atoms with Crippen molar-refractivity contribution < 1.29 is 51.6 Å². The summed E-state index contributed by atoms with van der Waals surface area (Å²) in [5, 5.41) is 0. The molecule has 0 radical (unpaired) electrons. The molecular weight excluding hydrogens is 769 g/mol. The predicted molar refractivity (Wildman–Crippen MR) is 237 cm³/mol.